The van der Waals surface area contributed by atoms with Gasteiger partial charge in [-0.15, -0.1) is 0 Å². The highest BCUT2D eigenvalue weighted by Gasteiger charge is 2.15. The van der Waals surface area contributed by atoms with E-state index < -0.39 is 0 Å². The molecule has 0 aromatic heterocycles. The molecular weight excluding hydrogens is 156 g/mol. The highest BCUT2D eigenvalue weighted by Crippen LogP contribution is 2.32. The monoisotopic (exact) mass is 166 g/mol. The van der Waals surface area contributed by atoms with E-state index in [9.17, 15) is 0 Å². The first kappa shape index (κ1) is 8.27. The van der Waals surface area contributed by atoms with Crippen LogP contribution >= 0.6 is 11.8 Å². The van der Waals surface area contributed by atoms with Gasteiger partial charge in [-0.2, -0.15) is 0 Å². The molecular formula is C8H10N2S. The largest absolute Gasteiger partial charge is 0.308 e. The van der Waals surface area contributed by atoms with E-state index in [4.69, 9.17) is 10.8 Å². The van der Waals surface area contributed by atoms with E-state index in [1.54, 1.807) is 0 Å². The van der Waals surface area contributed by atoms with Crippen LogP contribution in [0.5, 0.6) is 0 Å². The highest BCUT2D eigenvalue weighted by atomic mass is 32.2. The number of allylic oxidation sites excluding steroid dienone is 3. The van der Waals surface area contributed by atoms with E-state index in [1.807, 2.05) is 19.3 Å². The SMILES string of the molecule is CC1=CS/C(=C(\C)C=N)C1=N. The molecule has 0 aliphatic carbocycles. The van der Waals surface area contributed by atoms with Gasteiger partial charge in [0.25, 0.3) is 0 Å². The van der Waals surface area contributed by atoms with Crippen LogP contribution in [-0.4, -0.2) is 11.9 Å². The molecule has 0 aromatic carbocycles. The summed E-state index contributed by atoms with van der Waals surface area (Å²) in [4.78, 5) is 0.914. The van der Waals surface area contributed by atoms with Crippen LogP contribution in [0.1, 0.15) is 13.8 Å². The first-order valence-corrected chi connectivity index (χ1v) is 4.19. The lowest BCUT2D eigenvalue weighted by Crippen LogP contribution is -1.96. The van der Waals surface area contributed by atoms with Gasteiger partial charge >= 0.3 is 0 Å². The van der Waals surface area contributed by atoms with Crippen molar-refractivity contribution < 1.29 is 0 Å². The van der Waals surface area contributed by atoms with Gasteiger partial charge in [-0.25, -0.2) is 0 Å². The molecule has 1 aliphatic heterocycles. The van der Waals surface area contributed by atoms with E-state index in [2.05, 4.69) is 0 Å². The van der Waals surface area contributed by atoms with Gasteiger partial charge in [0, 0.05) is 11.1 Å². The number of hydrogen-bond donors (Lipinski definition) is 2. The highest BCUT2D eigenvalue weighted by molar-refractivity contribution is 8.07. The molecule has 58 valence electrons. The van der Waals surface area contributed by atoms with Crippen LogP contribution in [0.2, 0.25) is 0 Å². The van der Waals surface area contributed by atoms with Crippen molar-refractivity contribution in [2.45, 2.75) is 13.8 Å². The van der Waals surface area contributed by atoms with Crippen molar-refractivity contribution in [3.8, 4) is 0 Å². The van der Waals surface area contributed by atoms with E-state index in [-0.39, 0.29) is 0 Å². The topological polar surface area (TPSA) is 47.7 Å². The van der Waals surface area contributed by atoms with E-state index in [0.29, 0.717) is 5.71 Å². The Bertz CT molecular complexity index is 274. The Kier molecular flexibility index (Phi) is 2.29. The maximum Gasteiger partial charge on any atom is 0.0716 e. The Hall–Kier alpha value is -0.830. The van der Waals surface area contributed by atoms with Gasteiger partial charge in [0.2, 0.25) is 0 Å². The summed E-state index contributed by atoms with van der Waals surface area (Å²) in [5.74, 6) is 0. The van der Waals surface area contributed by atoms with Crippen molar-refractivity contribution in [1.82, 2.24) is 0 Å². The van der Waals surface area contributed by atoms with E-state index in [1.165, 1.54) is 18.0 Å². The van der Waals surface area contributed by atoms with Gasteiger partial charge in [0.05, 0.1) is 5.71 Å². The summed E-state index contributed by atoms with van der Waals surface area (Å²) in [6, 6.07) is 0. The molecule has 3 heteroatoms. The Morgan fingerprint density at radius 2 is 2.27 bits per heavy atom. The molecule has 0 saturated heterocycles. The van der Waals surface area contributed by atoms with Crippen LogP contribution in [0.15, 0.2) is 21.5 Å². The summed E-state index contributed by atoms with van der Waals surface area (Å²) < 4.78 is 0. The molecule has 0 fully saturated rings. The molecule has 11 heavy (non-hydrogen) atoms. The molecule has 0 unspecified atom stereocenters. The number of nitrogens with one attached hydrogen (secondary N) is 2. The van der Waals surface area contributed by atoms with Crippen LogP contribution in [0.25, 0.3) is 0 Å². The lowest BCUT2D eigenvalue weighted by Gasteiger charge is -1.99. The first-order chi connectivity index (χ1) is 5.16. The molecule has 0 amide bonds. The van der Waals surface area contributed by atoms with Gasteiger partial charge in [-0.1, -0.05) is 11.8 Å². The summed E-state index contributed by atoms with van der Waals surface area (Å²) >= 11 is 1.53. The fourth-order valence-electron chi connectivity index (χ4n) is 0.800. The average molecular weight is 166 g/mol. The third-order valence-electron chi connectivity index (χ3n) is 1.55. The van der Waals surface area contributed by atoms with Crippen LogP contribution in [0, 0.1) is 10.8 Å². The first-order valence-electron chi connectivity index (χ1n) is 3.31. The van der Waals surface area contributed by atoms with Crippen LogP contribution in [0.3, 0.4) is 0 Å². The second-order valence-electron chi connectivity index (χ2n) is 2.45. The maximum absolute atomic E-state index is 7.60. The molecule has 1 heterocycles. The van der Waals surface area contributed by atoms with Gasteiger partial charge < -0.3 is 5.41 Å². The zero-order valence-electron chi connectivity index (χ0n) is 6.56. The van der Waals surface area contributed by atoms with Crippen molar-refractivity contribution in [2.75, 3.05) is 0 Å². The van der Waals surface area contributed by atoms with E-state index in [0.717, 1.165) is 16.1 Å². The Morgan fingerprint density at radius 3 is 2.64 bits per heavy atom. The molecule has 1 rings (SSSR count). The van der Waals surface area contributed by atoms with Crippen LogP contribution in [-0.2, 0) is 0 Å². The van der Waals surface area contributed by atoms with Gasteiger partial charge in [0.1, 0.15) is 0 Å². The second-order valence-corrected chi connectivity index (χ2v) is 3.33. The van der Waals surface area contributed by atoms with Crippen LogP contribution in [0.4, 0.5) is 0 Å². The normalized spacial score (nSPS) is 21.6. The fraction of sp³-hybridized carbons (Fsp3) is 0.250. The zero-order valence-corrected chi connectivity index (χ0v) is 7.38. The third-order valence-corrected chi connectivity index (χ3v) is 2.78. The quantitative estimate of drug-likeness (QED) is 0.578. The van der Waals surface area contributed by atoms with Crippen molar-refractivity contribution >= 4 is 23.7 Å². The maximum atomic E-state index is 7.60. The molecule has 0 saturated carbocycles. The summed E-state index contributed by atoms with van der Waals surface area (Å²) in [6.45, 7) is 3.77. The average Bonchev–Trinajstić information content (AvgIpc) is 2.32. The fourth-order valence-corrected chi connectivity index (χ4v) is 1.74. The lowest BCUT2D eigenvalue weighted by molar-refractivity contribution is 1.44. The number of hydrogen-bond acceptors (Lipinski definition) is 3. The molecule has 1 aliphatic rings. The van der Waals surface area contributed by atoms with Gasteiger partial charge in [-0.3, -0.25) is 5.41 Å². The summed E-state index contributed by atoms with van der Waals surface area (Å²) in [5, 5.41) is 16.6. The van der Waals surface area contributed by atoms with E-state index >= 15 is 0 Å². The minimum absolute atomic E-state index is 0.566. The third kappa shape index (κ3) is 1.43. The van der Waals surface area contributed by atoms with Crippen molar-refractivity contribution in [2.24, 2.45) is 0 Å². The van der Waals surface area contributed by atoms with Gasteiger partial charge in [0.15, 0.2) is 0 Å². The second kappa shape index (κ2) is 3.05. The molecule has 0 atom stereocenters. The summed E-state index contributed by atoms with van der Waals surface area (Å²) in [6.07, 6.45) is 1.29. The Morgan fingerprint density at radius 1 is 1.64 bits per heavy atom. The lowest BCUT2D eigenvalue weighted by atomic mass is 10.1. The molecule has 0 radical (unpaired) electrons. The molecule has 0 bridgehead atoms. The van der Waals surface area contributed by atoms with Gasteiger partial charge in [-0.05, 0) is 30.4 Å². The standard InChI is InChI=1S/C8H10N2S/c1-5(3-9)8-7(10)6(2)4-11-8/h3-4,9-10H,1-2H3/b8-5+,9-3?,10-7?. The molecule has 2 N–H and O–H groups in total. The van der Waals surface area contributed by atoms with Crippen molar-refractivity contribution in [3.05, 3.63) is 21.5 Å². The van der Waals surface area contributed by atoms with Crippen LogP contribution < -0.4 is 0 Å². The minimum Gasteiger partial charge on any atom is -0.308 e. The molecule has 2 nitrogen and oxygen atoms in total. The predicted molar refractivity (Wildman–Crippen MR) is 50.6 cm³/mol. The Labute approximate surface area is 70.4 Å². The molecule has 0 aromatic rings. The number of thioether (sulfide) groups is 1. The van der Waals surface area contributed by atoms with Crippen molar-refractivity contribution in [3.63, 3.8) is 0 Å². The number of rotatable bonds is 1. The zero-order chi connectivity index (χ0) is 8.43. The van der Waals surface area contributed by atoms with Crippen molar-refractivity contribution in [1.29, 1.82) is 10.8 Å². The predicted octanol–water partition coefficient (Wildman–Crippen LogP) is 2.58. The summed E-state index contributed by atoms with van der Waals surface area (Å²) in [5.41, 5.74) is 2.43. The smallest absolute Gasteiger partial charge is 0.0716 e. The molecule has 0 spiro atoms. The Balaban J connectivity index is 3.00. The minimum atomic E-state index is 0.566. The summed E-state index contributed by atoms with van der Waals surface area (Å²) in [7, 11) is 0.